The summed E-state index contributed by atoms with van der Waals surface area (Å²) in [6.07, 6.45) is 5.74. The van der Waals surface area contributed by atoms with Gasteiger partial charge in [-0.05, 0) is 59.8 Å². The number of cyclic esters (lactones) is 1. The molecule has 8 atom stereocenters. The maximum atomic E-state index is 13.4. The molecule has 5 unspecified atom stereocenters. The standard InChI is InChI=1S/C32H44O7/c1-6-27(37-24-11-9-21(10-12-24)32(3,4)5)31(36)39-28-17-22(33)15-20-8-7-19(2)26(30(20)28)14-13-25-16-23(34)18-29(35)38-25/h7-12,15,19,22-23,25-28,30,33-34H,6,13-14,16-18H2,1-5H3/t19?,22?,23-,25-,26?,27+,28?,30?/m1/s1. The second kappa shape index (κ2) is 12.3. The molecule has 0 aromatic heterocycles. The Balaban J connectivity index is 1.46. The van der Waals surface area contributed by atoms with Crippen LogP contribution in [0.2, 0.25) is 0 Å². The molecule has 4 rings (SSSR count). The summed E-state index contributed by atoms with van der Waals surface area (Å²) in [5.41, 5.74) is 2.18. The average molecular weight is 541 g/mol. The molecule has 0 amide bonds. The van der Waals surface area contributed by atoms with Gasteiger partial charge in [-0.2, -0.15) is 0 Å². The third-order valence-corrected chi connectivity index (χ3v) is 8.33. The zero-order valence-electron chi connectivity index (χ0n) is 23.8. The van der Waals surface area contributed by atoms with Gasteiger partial charge in [-0.3, -0.25) is 4.79 Å². The first kappa shape index (κ1) is 29.3. The molecule has 2 N–H and O–H groups in total. The predicted molar refractivity (Wildman–Crippen MR) is 148 cm³/mol. The SMILES string of the molecule is CC[C@H](Oc1ccc(C(C)(C)C)cc1)C(=O)OC1CC(O)C=C2C=CC(C)C(CC[C@@H]3C[C@@H](O)CC(=O)O3)C21. The van der Waals surface area contributed by atoms with E-state index in [1.54, 1.807) is 0 Å². The number of benzene rings is 1. The molecule has 1 fully saturated rings. The first-order chi connectivity index (χ1) is 18.4. The molecule has 0 radical (unpaired) electrons. The molecule has 7 heteroatoms. The van der Waals surface area contributed by atoms with Gasteiger partial charge >= 0.3 is 11.9 Å². The Hall–Kier alpha value is -2.64. The normalized spacial score (nSPS) is 31.5. The minimum absolute atomic E-state index is 0.0230. The van der Waals surface area contributed by atoms with Crippen LogP contribution in [-0.2, 0) is 24.5 Å². The van der Waals surface area contributed by atoms with Gasteiger partial charge in [0.2, 0.25) is 0 Å². The number of aliphatic hydroxyl groups excluding tert-OH is 2. The van der Waals surface area contributed by atoms with Crippen molar-refractivity contribution >= 4 is 11.9 Å². The van der Waals surface area contributed by atoms with E-state index in [2.05, 4.69) is 33.8 Å². The Bertz CT molecular complexity index is 1070. The van der Waals surface area contributed by atoms with Gasteiger partial charge in [0.1, 0.15) is 18.0 Å². The van der Waals surface area contributed by atoms with Gasteiger partial charge in [-0.1, -0.05) is 65.0 Å². The van der Waals surface area contributed by atoms with Gasteiger partial charge in [0, 0.05) is 18.8 Å². The van der Waals surface area contributed by atoms with Crippen LogP contribution in [0.4, 0.5) is 0 Å². The lowest BCUT2D eigenvalue weighted by Crippen LogP contribution is -2.44. The summed E-state index contributed by atoms with van der Waals surface area (Å²) in [6.45, 7) is 10.5. The minimum atomic E-state index is -0.755. The van der Waals surface area contributed by atoms with E-state index in [4.69, 9.17) is 14.2 Å². The Morgan fingerprint density at radius 2 is 1.85 bits per heavy atom. The molecule has 0 bridgehead atoms. The van der Waals surface area contributed by atoms with Crippen molar-refractivity contribution in [3.05, 3.63) is 53.6 Å². The first-order valence-corrected chi connectivity index (χ1v) is 14.4. The zero-order valence-corrected chi connectivity index (χ0v) is 23.8. The van der Waals surface area contributed by atoms with Gasteiger partial charge in [0.15, 0.2) is 6.10 Å². The topological polar surface area (TPSA) is 102 Å². The van der Waals surface area contributed by atoms with Crippen molar-refractivity contribution in [3.8, 4) is 5.75 Å². The maximum absolute atomic E-state index is 13.4. The summed E-state index contributed by atoms with van der Waals surface area (Å²) >= 11 is 0. The summed E-state index contributed by atoms with van der Waals surface area (Å²) in [4.78, 5) is 25.2. The molecule has 1 saturated heterocycles. The molecule has 3 aliphatic rings. The maximum Gasteiger partial charge on any atom is 0.347 e. The molecule has 1 aromatic rings. The summed E-state index contributed by atoms with van der Waals surface area (Å²) in [5.74, 6) is 0.100. The van der Waals surface area contributed by atoms with Crippen molar-refractivity contribution < 1.29 is 34.0 Å². The van der Waals surface area contributed by atoms with Gasteiger partial charge in [-0.25, -0.2) is 4.79 Å². The lowest BCUT2D eigenvalue weighted by molar-refractivity contribution is -0.165. The summed E-state index contributed by atoms with van der Waals surface area (Å²) in [5, 5.41) is 20.6. The molecular formula is C32H44O7. The number of esters is 2. The molecule has 39 heavy (non-hydrogen) atoms. The van der Waals surface area contributed by atoms with Crippen LogP contribution in [0, 0.1) is 17.8 Å². The predicted octanol–water partition coefficient (Wildman–Crippen LogP) is 5.03. The molecule has 214 valence electrons. The molecule has 0 spiro atoms. The fraction of sp³-hybridized carbons (Fsp3) is 0.625. The van der Waals surface area contributed by atoms with Crippen LogP contribution in [0.3, 0.4) is 0 Å². The second-order valence-electron chi connectivity index (χ2n) is 12.4. The molecule has 0 saturated carbocycles. The Labute approximate surface area is 232 Å². The highest BCUT2D eigenvalue weighted by atomic mass is 16.6. The molecule has 1 aromatic carbocycles. The summed E-state index contributed by atoms with van der Waals surface area (Å²) in [6, 6.07) is 7.82. The Morgan fingerprint density at radius 1 is 1.13 bits per heavy atom. The van der Waals surface area contributed by atoms with Crippen molar-refractivity contribution in [2.75, 3.05) is 0 Å². The number of hydrogen-bond acceptors (Lipinski definition) is 7. The summed E-state index contributed by atoms with van der Waals surface area (Å²) < 4.78 is 17.7. The van der Waals surface area contributed by atoms with Crippen LogP contribution in [0.15, 0.2) is 48.1 Å². The van der Waals surface area contributed by atoms with Gasteiger partial charge in [0.05, 0.1) is 18.6 Å². The number of rotatable bonds is 8. The highest BCUT2D eigenvalue weighted by Gasteiger charge is 2.43. The molecule has 7 nitrogen and oxygen atoms in total. The lowest BCUT2D eigenvalue weighted by Gasteiger charge is -2.43. The van der Waals surface area contributed by atoms with Gasteiger partial charge in [0.25, 0.3) is 0 Å². The Kier molecular flexibility index (Phi) is 9.22. The van der Waals surface area contributed by atoms with E-state index in [1.165, 1.54) is 5.56 Å². The van der Waals surface area contributed by atoms with Crippen LogP contribution in [-0.4, -0.2) is 52.7 Å². The third kappa shape index (κ3) is 7.31. The van der Waals surface area contributed by atoms with E-state index in [-0.39, 0.29) is 41.7 Å². The number of ether oxygens (including phenoxy) is 3. The van der Waals surface area contributed by atoms with Crippen molar-refractivity contribution in [1.29, 1.82) is 0 Å². The van der Waals surface area contributed by atoms with Crippen LogP contribution in [0.5, 0.6) is 5.75 Å². The number of hydrogen-bond donors (Lipinski definition) is 2. The van der Waals surface area contributed by atoms with Crippen LogP contribution >= 0.6 is 0 Å². The smallest absolute Gasteiger partial charge is 0.347 e. The largest absolute Gasteiger partial charge is 0.479 e. The lowest BCUT2D eigenvalue weighted by atomic mass is 9.66. The van der Waals surface area contributed by atoms with Gasteiger partial charge < -0.3 is 24.4 Å². The molecular weight excluding hydrogens is 496 g/mol. The fourth-order valence-corrected chi connectivity index (χ4v) is 6.12. The number of aliphatic hydroxyl groups is 2. The first-order valence-electron chi connectivity index (χ1n) is 14.4. The van der Waals surface area contributed by atoms with Crippen LogP contribution < -0.4 is 4.74 Å². The summed E-state index contributed by atoms with van der Waals surface area (Å²) in [7, 11) is 0. The molecule has 1 aliphatic heterocycles. The number of allylic oxidation sites excluding steroid dienone is 2. The van der Waals surface area contributed by atoms with E-state index in [0.717, 1.165) is 12.0 Å². The van der Waals surface area contributed by atoms with Crippen molar-refractivity contribution in [2.24, 2.45) is 17.8 Å². The van der Waals surface area contributed by atoms with Crippen molar-refractivity contribution in [3.63, 3.8) is 0 Å². The van der Waals surface area contributed by atoms with E-state index >= 15 is 0 Å². The third-order valence-electron chi connectivity index (χ3n) is 8.33. The van der Waals surface area contributed by atoms with Crippen LogP contribution in [0.25, 0.3) is 0 Å². The quantitative estimate of drug-likeness (QED) is 0.446. The molecule has 2 aliphatic carbocycles. The van der Waals surface area contributed by atoms with E-state index < -0.39 is 30.4 Å². The van der Waals surface area contributed by atoms with Crippen molar-refractivity contribution in [2.45, 2.75) is 109 Å². The Morgan fingerprint density at radius 3 is 2.49 bits per heavy atom. The van der Waals surface area contributed by atoms with Crippen LogP contribution in [0.1, 0.15) is 78.7 Å². The highest BCUT2D eigenvalue weighted by Crippen LogP contribution is 2.44. The van der Waals surface area contributed by atoms with E-state index in [1.807, 2.05) is 43.3 Å². The van der Waals surface area contributed by atoms with Gasteiger partial charge in [-0.15, -0.1) is 0 Å². The monoisotopic (exact) mass is 540 g/mol. The van der Waals surface area contributed by atoms with Crippen molar-refractivity contribution in [1.82, 2.24) is 0 Å². The highest BCUT2D eigenvalue weighted by molar-refractivity contribution is 5.75. The second-order valence-corrected chi connectivity index (χ2v) is 12.4. The minimum Gasteiger partial charge on any atom is -0.479 e. The number of carbonyl (C=O) groups is 2. The number of carbonyl (C=O) groups excluding carboxylic acids is 2. The average Bonchev–Trinajstić information content (AvgIpc) is 2.86. The number of fused-ring (bicyclic) bond motifs is 1. The van der Waals surface area contributed by atoms with E-state index in [0.29, 0.717) is 31.4 Å². The van der Waals surface area contributed by atoms with E-state index in [9.17, 15) is 19.8 Å². The zero-order chi connectivity index (χ0) is 28.3. The fourth-order valence-electron chi connectivity index (χ4n) is 6.12. The molecule has 1 heterocycles.